The number of imide groups is 2. The lowest BCUT2D eigenvalue weighted by Gasteiger charge is -2.30. The van der Waals surface area contributed by atoms with Crippen molar-refractivity contribution in [1.29, 1.82) is 0 Å². The number of carbonyl (C=O) groups excluding carboxylic acids is 4. The Morgan fingerprint density at radius 3 is 1.04 bits per heavy atom. The van der Waals surface area contributed by atoms with Crippen LogP contribution in [0.15, 0.2) is 24.3 Å². The summed E-state index contributed by atoms with van der Waals surface area (Å²) in [5.41, 5.74) is 12.0. The minimum atomic E-state index is -0.542. The summed E-state index contributed by atoms with van der Waals surface area (Å²) in [6.45, 7) is -0.498. The summed E-state index contributed by atoms with van der Waals surface area (Å²) in [6, 6.07) is 5.91. The van der Waals surface area contributed by atoms with Crippen LogP contribution in [-0.2, 0) is 0 Å². The second kappa shape index (κ2) is 4.70. The van der Waals surface area contributed by atoms with E-state index in [9.17, 15) is 19.2 Å². The molecule has 2 aliphatic rings. The first-order chi connectivity index (χ1) is 11.5. The van der Waals surface area contributed by atoms with Gasteiger partial charge in [0.15, 0.2) is 0 Å². The fourth-order valence-electron chi connectivity index (χ4n) is 3.31. The maximum absolute atomic E-state index is 12.5. The van der Waals surface area contributed by atoms with E-state index in [1.165, 1.54) is 24.3 Å². The maximum Gasteiger partial charge on any atom is 0.262 e. The standard InChI is InChI=1S/C16H12N4O4/c17-5-19-13(21)7-1-2-8-12-10(16(24)20(6-18)14(8)22)4-3-9(11(7)12)15(19)23/h1-4H,5-6,17-18H2. The molecule has 2 aromatic carbocycles. The van der Waals surface area contributed by atoms with Gasteiger partial charge in [-0.2, -0.15) is 0 Å². The number of hydrogen-bond acceptors (Lipinski definition) is 6. The zero-order chi connectivity index (χ0) is 17.2. The molecule has 0 aliphatic carbocycles. The van der Waals surface area contributed by atoms with Crippen molar-refractivity contribution in [2.45, 2.75) is 0 Å². The summed E-state index contributed by atoms with van der Waals surface area (Å²) in [5.74, 6) is -2.17. The lowest BCUT2D eigenvalue weighted by molar-refractivity contribution is 0.0593. The molecule has 24 heavy (non-hydrogen) atoms. The topological polar surface area (TPSA) is 127 Å². The smallest absolute Gasteiger partial charge is 0.262 e. The molecular weight excluding hydrogens is 312 g/mol. The highest BCUT2D eigenvalue weighted by molar-refractivity contribution is 6.33. The summed E-state index contributed by atoms with van der Waals surface area (Å²) in [6.07, 6.45) is 0. The number of hydrogen-bond donors (Lipinski definition) is 2. The maximum atomic E-state index is 12.5. The third kappa shape index (κ3) is 1.53. The number of amides is 4. The summed E-state index contributed by atoms with van der Waals surface area (Å²) in [7, 11) is 0. The molecule has 8 heteroatoms. The first-order valence-electron chi connectivity index (χ1n) is 7.23. The summed E-state index contributed by atoms with van der Waals surface area (Å²) < 4.78 is 0. The van der Waals surface area contributed by atoms with Crippen LogP contribution in [0.2, 0.25) is 0 Å². The SMILES string of the molecule is NCN1C(=O)c2ccc3c4c(ccc(c24)C1=O)C(=O)N(CN)C3=O. The van der Waals surface area contributed by atoms with Crippen LogP contribution in [0.25, 0.3) is 10.8 Å². The first kappa shape index (κ1) is 14.5. The second-order valence-electron chi connectivity index (χ2n) is 5.51. The van der Waals surface area contributed by atoms with Crippen LogP contribution in [0.4, 0.5) is 0 Å². The van der Waals surface area contributed by atoms with E-state index in [1.54, 1.807) is 0 Å². The van der Waals surface area contributed by atoms with Crippen LogP contribution in [0.1, 0.15) is 41.4 Å². The van der Waals surface area contributed by atoms with Crippen molar-refractivity contribution in [2.75, 3.05) is 13.3 Å². The van der Waals surface area contributed by atoms with Gasteiger partial charge in [-0.25, -0.2) is 0 Å². The Morgan fingerprint density at radius 2 is 0.833 bits per heavy atom. The molecule has 0 saturated heterocycles. The molecule has 2 aromatic rings. The van der Waals surface area contributed by atoms with Crippen molar-refractivity contribution < 1.29 is 19.2 Å². The molecule has 4 N–H and O–H groups in total. The van der Waals surface area contributed by atoms with Gasteiger partial charge in [-0.15, -0.1) is 0 Å². The van der Waals surface area contributed by atoms with Gasteiger partial charge >= 0.3 is 0 Å². The third-order valence-corrected chi connectivity index (χ3v) is 4.43. The number of rotatable bonds is 2. The van der Waals surface area contributed by atoms with E-state index in [0.717, 1.165) is 9.80 Å². The lowest BCUT2D eigenvalue weighted by Crippen LogP contribution is -2.46. The van der Waals surface area contributed by atoms with E-state index < -0.39 is 23.6 Å². The quantitative estimate of drug-likeness (QED) is 0.741. The highest BCUT2D eigenvalue weighted by Crippen LogP contribution is 2.37. The molecule has 120 valence electrons. The molecule has 0 unspecified atom stereocenters. The Morgan fingerprint density at radius 1 is 0.583 bits per heavy atom. The molecule has 0 saturated carbocycles. The van der Waals surface area contributed by atoms with Crippen LogP contribution in [0.5, 0.6) is 0 Å². The predicted molar refractivity (Wildman–Crippen MR) is 83.1 cm³/mol. The normalized spacial score (nSPS) is 16.4. The monoisotopic (exact) mass is 324 g/mol. The van der Waals surface area contributed by atoms with Crippen molar-refractivity contribution >= 4 is 34.4 Å². The first-order valence-corrected chi connectivity index (χ1v) is 7.23. The second-order valence-corrected chi connectivity index (χ2v) is 5.51. The van der Waals surface area contributed by atoms with Gasteiger partial charge < -0.3 is 11.5 Å². The molecule has 4 rings (SSSR count). The summed E-state index contributed by atoms with van der Waals surface area (Å²) >= 11 is 0. The van der Waals surface area contributed by atoms with Crippen LogP contribution < -0.4 is 11.5 Å². The van der Waals surface area contributed by atoms with Crippen molar-refractivity contribution in [2.24, 2.45) is 11.5 Å². The zero-order valence-corrected chi connectivity index (χ0v) is 12.4. The van der Waals surface area contributed by atoms with Gasteiger partial charge in [-0.3, -0.25) is 29.0 Å². The average Bonchev–Trinajstić information content (AvgIpc) is 2.58. The molecule has 0 radical (unpaired) electrons. The fraction of sp³-hybridized carbons (Fsp3) is 0.125. The number of carbonyl (C=O) groups is 4. The third-order valence-electron chi connectivity index (χ3n) is 4.43. The van der Waals surface area contributed by atoms with Crippen molar-refractivity contribution in [3.63, 3.8) is 0 Å². The van der Waals surface area contributed by atoms with E-state index in [-0.39, 0.29) is 35.6 Å². The van der Waals surface area contributed by atoms with Gasteiger partial charge in [-0.1, -0.05) is 0 Å². The molecule has 0 aromatic heterocycles. The van der Waals surface area contributed by atoms with Crippen molar-refractivity contribution in [1.82, 2.24) is 9.80 Å². The van der Waals surface area contributed by atoms with Gasteiger partial charge in [0.2, 0.25) is 0 Å². The van der Waals surface area contributed by atoms with Crippen molar-refractivity contribution in [3.8, 4) is 0 Å². The fourth-order valence-corrected chi connectivity index (χ4v) is 3.31. The van der Waals surface area contributed by atoms with E-state index >= 15 is 0 Å². The van der Waals surface area contributed by atoms with E-state index in [0.29, 0.717) is 10.8 Å². The summed E-state index contributed by atoms with van der Waals surface area (Å²) in [4.78, 5) is 51.8. The molecule has 8 nitrogen and oxygen atoms in total. The Kier molecular flexibility index (Phi) is 2.84. The van der Waals surface area contributed by atoms with E-state index in [1.807, 2.05) is 0 Å². The van der Waals surface area contributed by atoms with Gasteiger partial charge in [0.25, 0.3) is 23.6 Å². The number of benzene rings is 2. The molecule has 0 atom stereocenters. The predicted octanol–water partition coefficient (Wildman–Crippen LogP) is -0.136. The minimum absolute atomic E-state index is 0.248. The molecule has 2 heterocycles. The van der Waals surface area contributed by atoms with E-state index in [4.69, 9.17) is 11.5 Å². The van der Waals surface area contributed by atoms with Gasteiger partial charge in [0.05, 0.1) is 13.3 Å². The Hall–Kier alpha value is -3.10. The van der Waals surface area contributed by atoms with Crippen LogP contribution in [-0.4, -0.2) is 46.8 Å². The molecule has 0 bridgehead atoms. The van der Waals surface area contributed by atoms with Crippen LogP contribution in [0, 0.1) is 0 Å². The number of nitrogens with zero attached hydrogens (tertiary/aromatic N) is 2. The Labute approximate surface area is 135 Å². The Bertz CT molecular complexity index is 832. The molecule has 0 fully saturated rings. The Balaban J connectivity index is 2.14. The van der Waals surface area contributed by atoms with Crippen LogP contribution >= 0.6 is 0 Å². The van der Waals surface area contributed by atoms with Crippen molar-refractivity contribution in [3.05, 3.63) is 46.5 Å². The molecule has 4 amide bonds. The lowest BCUT2D eigenvalue weighted by atomic mass is 9.86. The zero-order valence-electron chi connectivity index (χ0n) is 12.4. The number of nitrogens with two attached hydrogens (primary N) is 2. The molecular formula is C16H12N4O4. The molecule has 2 aliphatic heterocycles. The van der Waals surface area contributed by atoms with Gasteiger partial charge in [0, 0.05) is 33.0 Å². The minimum Gasteiger partial charge on any atom is -0.313 e. The van der Waals surface area contributed by atoms with Gasteiger partial charge in [0.1, 0.15) is 0 Å². The highest BCUT2D eigenvalue weighted by atomic mass is 16.2. The van der Waals surface area contributed by atoms with E-state index in [2.05, 4.69) is 0 Å². The largest absolute Gasteiger partial charge is 0.313 e. The van der Waals surface area contributed by atoms with Gasteiger partial charge in [-0.05, 0) is 24.3 Å². The molecule has 0 spiro atoms. The highest BCUT2D eigenvalue weighted by Gasteiger charge is 2.38. The summed E-state index contributed by atoms with van der Waals surface area (Å²) in [5, 5.41) is 0.645. The van der Waals surface area contributed by atoms with Crippen LogP contribution in [0.3, 0.4) is 0 Å². The average molecular weight is 324 g/mol.